The molecular formula is C14H18FN3O. The predicted octanol–water partition coefficient (Wildman–Crippen LogP) is 2.14. The first kappa shape index (κ1) is 13.4. The Labute approximate surface area is 111 Å². The van der Waals surface area contributed by atoms with Gasteiger partial charge in [0.05, 0.1) is 12.2 Å². The average Bonchev–Trinajstić information content (AvgIpc) is 2.57. The highest BCUT2D eigenvalue weighted by molar-refractivity contribution is 5.40. The van der Waals surface area contributed by atoms with Gasteiger partial charge in [0.2, 0.25) is 0 Å². The summed E-state index contributed by atoms with van der Waals surface area (Å²) in [6.45, 7) is 4.91. The van der Waals surface area contributed by atoms with Gasteiger partial charge in [-0.1, -0.05) is 19.1 Å². The van der Waals surface area contributed by atoms with Crippen molar-refractivity contribution < 1.29 is 4.39 Å². The summed E-state index contributed by atoms with van der Waals surface area (Å²) in [4.78, 5) is 12.1. The lowest BCUT2D eigenvalue weighted by molar-refractivity contribution is 0.456. The van der Waals surface area contributed by atoms with Crippen molar-refractivity contribution in [3.63, 3.8) is 0 Å². The molecule has 2 aromatic rings. The van der Waals surface area contributed by atoms with Crippen molar-refractivity contribution in [1.82, 2.24) is 9.36 Å². The maximum absolute atomic E-state index is 13.2. The van der Waals surface area contributed by atoms with Crippen molar-refractivity contribution >= 4 is 5.69 Å². The van der Waals surface area contributed by atoms with Gasteiger partial charge in [-0.2, -0.15) is 0 Å². The minimum absolute atomic E-state index is 0.213. The van der Waals surface area contributed by atoms with Gasteiger partial charge in [-0.15, -0.1) is 0 Å². The van der Waals surface area contributed by atoms with E-state index >= 15 is 0 Å². The van der Waals surface area contributed by atoms with Crippen LogP contribution in [0.4, 0.5) is 10.1 Å². The topological polar surface area (TPSA) is 52.9 Å². The third-order valence-electron chi connectivity index (χ3n) is 3.19. The Balaban J connectivity index is 2.44. The summed E-state index contributed by atoms with van der Waals surface area (Å²) >= 11 is 0. The highest BCUT2D eigenvalue weighted by atomic mass is 19.1. The van der Waals surface area contributed by atoms with E-state index in [1.165, 1.54) is 12.1 Å². The van der Waals surface area contributed by atoms with Gasteiger partial charge >= 0.3 is 0 Å². The van der Waals surface area contributed by atoms with Crippen molar-refractivity contribution in [3.05, 3.63) is 51.7 Å². The summed E-state index contributed by atoms with van der Waals surface area (Å²) in [5.41, 5.74) is 7.36. The molecule has 5 heteroatoms. The fourth-order valence-electron chi connectivity index (χ4n) is 2.19. The van der Waals surface area contributed by atoms with Gasteiger partial charge in [-0.05, 0) is 31.0 Å². The first-order chi connectivity index (χ1) is 9.04. The molecule has 1 aromatic heterocycles. The second kappa shape index (κ2) is 5.30. The lowest BCUT2D eigenvalue weighted by atomic mass is 10.2. The summed E-state index contributed by atoms with van der Waals surface area (Å²) in [5.74, 6) is -0.302. The van der Waals surface area contributed by atoms with Crippen LogP contribution < -0.4 is 11.3 Å². The van der Waals surface area contributed by atoms with E-state index in [4.69, 9.17) is 5.73 Å². The zero-order valence-electron chi connectivity index (χ0n) is 11.2. The molecule has 4 nitrogen and oxygen atoms in total. The molecule has 0 amide bonds. The van der Waals surface area contributed by atoms with E-state index in [1.54, 1.807) is 16.8 Å². The van der Waals surface area contributed by atoms with Crippen molar-refractivity contribution in [2.45, 2.75) is 33.4 Å². The minimum Gasteiger partial charge on any atom is -0.393 e. The number of nitrogen functional groups attached to an aromatic ring is 1. The van der Waals surface area contributed by atoms with Crippen LogP contribution in [0, 0.1) is 12.7 Å². The third kappa shape index (κ3) is 2.54. The third-order valence-corrected chi connectivity index (χ3v) is 3.19. The molecule has 0 saturated heterocycles. The Bertz CT molecular complexity index is 643. The van der Waals surface area contributed by atoms with Gasteiger partial charge in [0.1, 0.15) is 11.5 Å². The molecule has 0 bridgehead atoms. The van der Waals surface area contributed by atoms with Gasteiger partial charge in [-0.25, -0.2) is 9.07 Å². The van der Waals surface area contributed by atoms with Gasteiger partial charge in [0.15, 0.2) is 0 Å². The SMILES string of the molecule is CCCn1c(C)c(N)c(=O)n1Cc1cccc(F)c1. The second-order valence-corrected chi connectivity index (χ2v) is 4.61. The van der Waals surface area contributed by atoms with E-state index in [9.17, 15) is 9.18 Å². The molecule has 0 saturated carbocycles. The Hall–Kier alpha value is -2.04. The number of rotatable bonds is 4. The average molecular weight is 263 g/mol. The van der Waals surface area contributed by atoms with Crippen LogP contribution in [-0.4, -0.2) is 9.36 Å². The molecule has 1 aromatic carbocycles. The summed E-state index contributed by atoms with van der Waals surface area (Å²) < 4.78 is 16.6. The predicted molar refractivity (Wildman–Crippen MR) is 73.6 cm³/mol. The van der Waals surface area contributed by atoms with Crippen LogP contribution in [0.3, 0.4) is 0 Å². The highest BCUT2D eigenvalue weighted by Crippen LogP contribution is 2.11. The van der Waals surface area contributed by atoms with E-state index in [0.717, 1.165) is 17.7 Å². The Kier molecular flexibility index (Phi) is 3.74. The molecule has 0 aliphatic carbocycles. The van der Waals surface area contributed by atoms with Crippen molar-refractivity contribution in [2.24, 2.45) is 0 Å². The van der Waals surface area contributed by atoms with Gasteiger partial charge in [0, 0.05) is 6.54 Å². The lowest BCUT2D eigenvalue weighted by Crippen LogP contribution is -2.24. The van der Waals surface area contributed by atoms with E-state index in [-0.39, 0.29) is 17.1 Å². The van der Waals surface area contributed by atoms with Gasteiger partial charge < -0.3 is 5.73 Å². The molecule has 0 atom stereocenters. The van der Waals surface area contributed by atoms with Crippen LogP contribution in [-0.2, 0) is 13.1 Å². The van der Waals surface area contributed by atoms with E-state index < -0.39 is 0 Å². The Morgan fingerprint density at radius 3 is 2.68 bits per heavy atom. The summed E-state index contributed by atoms with van der Waals surface area (Å²) in [5, 5.41) is 0. The molecule has 102 valence electrons. The standard InChI is InChI=1S/C14H18FN3O/c1-3-7-17-10(2)13(16)14(19)18(17)9-11-5-4-6-12(15)8-11/h4-6,8H,3,7,9,16H2,1-2H3. The van der Waals surface area contributed by atoms with Crippen LogP contribution in [0.2, 0.25) is 0 Å². The number of hydrogen-bond donors (Lipinski definition) is 1. The number of aromatic nitrogens is 2. The molecular weight excluding hydrogens is 245 g/mol. The first-order valence-electron chi connectivity index (χ1n) is 6.34. The zero-order chi connectivity index (χ0) is 14.0. The highest BCUT2D eigenvalue weighted by Gasteiger charge is 2.14. The maximum Gasteiger partial charge on any atom is 0.290 e. The minimum atomic E-state index is -0.302. The van der Waals surface area contributed by atoms with Crippen molar-refractivity contribution in [1.29, 1.82) is 0 Å². The van der Waals surface area contributed by atoms with E-state index in [1.807, 2.05) is 18.5 Å². The number of anilines is 1. The zero-order valence-corrected chi connectivity index (χ0v) is 11.2. The summed E-state index contributed by atoms with van der Waals surface area (Å²) in [7, 11) is 0. The van der Waals surface area contributed by atoms with Crippen LogP contribution in [0.25, 0.3) is 0 Å². The Morgan fingerprint density at radius 1 is 1.32 bits per heavy atom. The molecule has 0 fully saturated rings. The smallest absolute Gasteiger partial charge is 0.290 e. The second-order valence-electron chi connectivity index (χ2n) is 4.61. The monoisotopic (exact) mass is 263 g/mol. The number of hydrogen-bond acceptors (Lipinski definition) is 2. The Morgan fingerprint density at radius 2 is 2.05 bits per heavy atom. The molecule has 2 N–H and O–H groups in total. The number of halogens is 1. The van der Waals surface area contributed by atoms with Crippen LogP contribution >= 0.6 is 0 Å². The van der Waals surface area contributed by atoms with Crippen LogP contribution in [0.5, 0.6) is 0 Å². The normalized spacial score (nSPS) is 10.9. The van der Waals surface area contributed by atoms with Gasteiger partial charge in [-0.3, -0.25) is 9.48 Å². The molecule has 0 radical (unpaired) electrons. The van der Waals surface area contributed by atoms with Crippen LogP contribution in [0.1, 0.15) is 24.6 Å². The number of benzene rings is 1. The van der Waals surface area contributed by atoms with E-state index in [2.05, 4.69) is 0 Å². The molecule has 0 spiro atoms. The fraction of sp³-hybridized carbons (Fsp3) is 0.357. The maximum atomic E-state index is 13.2. The molecule has 2 rings (SSSR count). The van der Waals surface area contributed by atoms with Crippen molar-refractivity contribution in [3.8, 4) is 0 Å². The number of nitrogens with two attached hydrogens (primary N) is 1. The quantitative estimate of drug-likeness (QED) is 0.918. The summed E-state index contributed by atoms with van der Waals surface area (Å²) in [6, 6.07) is 6.25. The summed E-state index contributed by atoms with van der Waals surface area (Å²) in [6.07, 6.45) is 0.900. The van der Waals surface area contributed by atoms with E-state index in [0.29, 0.717) is 13.1 Å². The largest absolute Gasteiger partial charge is 0.393 e. The van der Waals surface area contributed by atoms with Crippen LogP contribution in [0.15, 0.2) is 29.1 Å². The first-order valence-corrected chi connectivity index (χ1v) is 6.34. The number of nitrogens with zero attached hydrogens (tertiary/aromatic N) is 2. The molecule has 1 heterocycles. The molecule has 0 aliphatic rings. The van der Waals surface area contributed by atoms with Gasteiger partial charge in [0.25, 0.3) is 5.56 Å². The van der Waals surface area contributed by atoms with Crippen molar-refractivity contribution in [2.75, 3.05) is 5.73 Å². The molecule has 0 unspecified atom stereocenters. The lowest BCUT2D eigenvalue weighted by Gasteiger charge is -2.12. The molecule has 0 aliphatic heterocycles. The fourth-order valence-corrected chi connectivity index (χ4v) is 2.19. The molecule has 19 heavy (non-hydrogen) atoms.